The van der Waals surface area contributed by atoms with Crippen LogP contribution >= 0.6 is 0 Å². The Morgan fingerprint density at radius 2 is 1.74 bits per heavy atom. The van der Waals surface area contributed by atoms with Crippen molar-refractivity contribution in [3.05, 3.63) is 65.2 Å². The Hall–Kier alpha value is -3.32. The zero-order valence-electron chi connectivity index (χ0n) is 20.4. The Bertz CT molecular complexity index is 1030. The summed E-state index contributed by atoms with van der Waals surface area (Å²) in [6.07, 6.45) is 0.855. The van der Waals surface area contributed by atoms with Crippen molar-refractivity contribution in [2.45, 2.75) is 33.2 Å². The van der Waals surface area contributed by atoms with E-state index in [2.05, 4.69) is 18.7 Å². The fourth-order valence-electron chi connectivity index (χ4n) is 4.18. The molecule has 1 N–H and O–H groups in total. The lowest BCUT2D eigenvalue weighted by molar-refractivity contribution is -0.140. The van der Waals surface area contributed by atoms with Gasteiger partial charge in [0, 0.05) is 18.7 Å². The summed E-state index contributed by atoms with van der Waals surface area (Å²) in [5.74, 6) is -0.369. The van der Waals surface area contributed by atoms with Crippen molar-refractivity contribution >= 4 is 17.4 Å². The quantitative estimate of drug-likeness (QED) is 0.303. The Morgan fingerprint density at radius 1 is 1.03 bits per heavy atom. The van der Waals surface area contributed by atoms with E-state index in [0.717, 1.165) is 19.5 Å². The number of Topliss-reactive ketones (excluding diaryl/α,β-unsaturated/α-hetero) is 1. The average molecular weight is 467 g/mol. The molecular weight excluding hydrogens is 432 g/mol. The van der Waals surface area contributed by atoms with Crippen LogP contribution in [0.1, 0.15) is 44.4 Å². The second-order valence-electron chi connectivity index (χ2n) is 8.14. The average Bonchev–Trinajstić information content (AvgIpc) is 3.13. The van der Waals surface area contributed by atoms with Gasteiger partial charge in [-0.05, 0) is 37.2 Å². The minimum absolute atomic E-state index is 0.0834. The lowest BCUT2D eigenvalue weighted by atomic mass is 9.95. The number of carbonyl (C=O) groups is 2. The molecule has 7 nitrogen and oxygen atoms in total. The highest BCUT2D eigenvalue weighted by Gasteiger charge is 2.46. The van der Waals surface area contributed by atoms with Crippen LogP contribution < -0.4 is 9.47 Å². The van der Waals surface area contributed by atoms with Gasteiger partial charge in [-0.2, -0.15) is 0 Å². The fourth-order valence-corrected chi connectivity index (χ4v) is 4.18. The molecule has 1 atom stereocenters. The Morgan fingerprint density at radius 3 is 2.35 bits per heavy atom. The van der Waals surface area contributed by atoms with Gasteiger partial charge in [-0.3, -0.25) is 9.59 Å². The first-order chi connectivity index (χ1) is 16.5. The number of likely N-dealkylation sites (tertiary alicyclic amines) is 1. The van der Waals surface area contributed by atoms with Gasteiger partial charge in [-0.15, -0.1) is 0 Å². The van der Waals surface area contributed by atoms with Gasteiger partial charge in [0.1, 0.15) is 5.76 Å². The number of nitrogens with zero attached hydrogens (tertiary/aromatic N) is 2. The molecule has 0 unspecified atom stereocenters. The zero-order chi connectivity index (χ0) is 24.7. The summed E-state index contributed by atoms with van der Waals surface area (Å²) < 4.78 is 11.3. The predicted molar refractivity (Wildman–Crippen MR) is 132 cm³/mol. The molecule has 0 saturated carbocycles. The van der Waals surface area contributed by atoms with Gasteiger partial charge < -0.3 is 24.4 Å². The molecule has 1 aliphatic heterocycles. The molecule has 0 spiro atoms. The molecule has 1 aliphatic rings. The Labute approximate surface area is 201 Å². The van der Waals surface area contributed by atoms with Crippen molar-refractivity contribution < 1.29 is 24.2 Å². The van der Waals surface area contributed by atoms with Crippen molar-refractivity contribution in [3.63, 3.8) is 0 Å². The minimum atomic E-state index is -0.732. The van der Waals surface area contributed by atoms with Crippen LogP contribution in [-0.4, -0.2) is 66.5 Å². The van der Waals surface area contributed by atoms with Crippen molar-refractivity contribution in [1.29, 1.82) is 0 Å². The SMILES string of the molecule is CCCOc1ccc([C@H]2C(=C(O)c3ccccc3)C(=O)C(=O)N2CCN(CC)CC)cc1OC. The van der Waals surface area contributed by atoms with Crippen LogP contribution in [0.4, 0.5) is 0 Å². The molecule has 34 heavy (non-hydrogen) atoms. The summed E-state index contributed by atoms with van der Waals surface area (Å²) >= 11 is 0. The molecule has 0 bridgehead atoms. The van der Waals surface area contributed by atoms with E-state index in [9.17, 15) is 14.7 Å². The molecule has 182 valence electrons. The number of hydrogen-bond donors (Lipinski definition) is 1. The largest absolute Gasteiger partial charge is 0.507 e. The van der Waals surface area contributed by atoms with Gasteiger partial charge in [0.05, 0.1) is 25.3 Å². The van der Waals surface area contributed by atoms with Crippen LogP contribution in [0.2, 0.25) is 0 Å². The van der Waals surface area contributed by atoms with Gasteiger partial charge in [0.2, 0.25) is 0 Å². The number of carbonyl (C=O) groups excluding carboxylic acids is 2. The molecule has 2 aromatic rings. The smallest absolute Gasteiger partial charge is 0.295 e. The molecule has 1 heterocycles. The topological polar surface area (TPSA) is 79.3 Å². The number of amides is 1. The molecule has 0 aliphatic carbocycles. The maximum absolute atomic E-state index is 13.2. The van der Waals surface area contributed by atoms with Crippen LogP contribution in [0.25, 0.3) is 5.76 Å². The third-order valence-electron chi connectivity index (χ3n) is 6.10. The molecular formula is C27H34N2O5. The second kappa shape index (κ2) is 11.7. The predicted octanol–water partition coefficient (Wildman–Crippen LogP) is 4.25. The van der Waals surface area contributed by atoms with E-state index >= 15 is 0 Å². The molecule has 2 aromatic carbocycles. The molecule has 0 aromatic heterocycles. The van der Waals surface area contributed by atoms with Gasteiger partial charge in [-0.1, -0.05) is 57.2 Å². The number of ether oxygens (including phenoxy) is 2. The number of aliphatic hydroxyl groups is 1. The number of rotatable bonds is 11. The van der Waals surface area contributed by atoms with E-state index in [1.807, 2.05) is 19.1 Å². The van der Waals surface area contributed by atoms with E-state index < -0.39 is 17.7 Å². The number of ketones is 1. The van der Waals surface area contributed by atoms with E-state index in [1.165, 1.54) is 0 Å². The van der Waals surface area contributed by atoms with Crippen LogP contribution in [-0.2, 0) is 9.59 Å². The molecule has 1 fully saturated rings. The van der Waals surface area contributed by atoms with Gasteiger partial charge >= 0.3 is 0 Å². The number of likely N-dealkylation sites (N-methyl/N-ethyl adjacent to an activating group) is 1. The van der Waals surface area contributed by atoms with Crippen molar-refractivity contribution in [1.82, 2.24) is 9.80 Å². The lowest BCUT2D eigenvalue weighted by Gasteiger charge is -2.28. The van der Waals surface area contributed by atoms with Crippen LogP contribution in [0.5, 0.6) is 11.5 Å². The molecule has 0 radical (unpaired) electrons. The van der Waals surface area contributed by atoms with E-state index in [0.29, 0.717) is 42.3 Å². The molecule has 1 amide bonds. The summed E-state index contributed by atoms with van der Waals surface area (Å²) in [5.41, 5.74) is 1.25. The molecule has 3 rings (SSSR count). The minimum Gasteiger partial charge on any atom is -0.507 e. The second-order valence-corrected chi connectivity index (χ2v) is 8.14. The van der Waals surface area contributed by atoms with E-state index in [-0.39, 0.29) is 11.3 Å². The first kappa shape index (κ1) is 25.3. The summed E-state index contributed by atoms with van der Waals surface area (Å²) in [4.78, 5) is 30.1. The molecule has 7 heteroatoms. The third-order valence-corrected chi connectivity index (χ3v) is 6.10. The van der Waals surface area contributed by atoms with Gasteiger partial charge in [0.15, 0.2) is 11.5 Å². The highest BCUT2D eigenvalue weighted by Crippen LogP contribution is 2.41. The summed E-state index contributed by atoms with van der Waals surface area (Å²) in [6.45, 7) is 9.35. The zero-order valence-corrected chi connectivity index (χ0v) is 20.4. The number of benzene rings is 2. The number of hydrogen-bond acceptors (Lipinski definition) is 6. The van der Waals surface area contributed by atoms with E-state index in [4.69, 9.17) is 9.47 Å². The van der Waals surface area contributed by atoms with Crippen LogP contribution in [0.15, 0.2) is 54.1 Å². The number of aliphatic hydroxyl groups excluding tert-OH is 1. The lowest BCUT2D eigenvalue weighted by Crippen LogP contribution is -2.38. The number of methoxy groups -OCH3 is 1. The maximum Gasteiger partial charge on any atom is 0.295 e. The van der Waals surface area contributed by atoms with Crippen molar-refractivity contribution in [2.24, 2.45) is 0 Å². The third kappa shape index (κ3) is 5.25. The highest BCUT2D eigenvalue weighted by atomic mass is 16.5. The van der Waals surface area contributed by atoms with E-state index in [1.54, 1.807) is 48.4 Å². The maximum atomic E-state index is 13.2. The standard InChI is InChI=1S/C27H34N2O5/c1-5-17-34-21-14-13-20(18-22(21)33-4)24-23(25(30)19-11-9-8-10-12-19)26(31)27(32)29(24)16-15-28(6-2)7-3/h8-14,18,24,30H,5-7,15-17H2,1-4H3/t24-/m0/s1. The fraction of sp³-hybridized carbons (Fsp3) is 0.407. The van der Waals surface area contributed by atoms with Crippen LogP contribution in [0.3, 0.4) is 0 Å². The van der Waals surface area contributed by atoms with Crippen LogP contribution in [0, 0.1) is 0 Å². The summed E-state index contributed by atoms with van der Waals surface area (Å²) in [6, 6.07) is 13.5. The Balaban J connectivity index is 2.11. The monoisotopic (exact) mass is 466 g/mol. The van der Waals surface area contributed by atoms with Gasteiger partial charge in [0.25, 0.3) is 11.7 Å². The normalized spacial score (nSPS) is 17.4. The van der Waals surface area contributed by atoms with Crippen molar-refractivity contribution in [3.8, 4) is 11.5 Å². The summed E-state index contributed by atoms with van der Waals surface area (Å²) in [7, 11) is 1.55. The Kier molecular flexibility index (Phi) is 8.71. The first-order valence-electron chi connectivity index (χ1n) is 11.8. The molecule has 1 saturated heterocycles. The first-order valence-corrected chi connectivity index (χ1v) is 11.8. The van der Waals surface area contributed by atoms with Gasteiger partial charge in [-0.25, -0.2) is 0 Å². The highest BCUT2D eigenvalue weighted by molar-refractivity contribution is 6.46. The van der Waals surface area contributed by atoms with Crippen molar-refractivity contribution in [2.75, 3.05) is 39.9 Å². The summed E-state index contributed by atoms with van der Waals surface area (Å²) in [5, 5.41) is 11.1.